The lowest BCUT2D eigenvalue weighted by Crippen LogP contribution is -2.28. The lowest BCUT2D eigenvalue weighted by atomic mass is 10.1. The van der Waals surface area contributed by atoms with Gasteiger partial charge in [-0.25, -0.2) is 4.79 Å². The van der Waals surface area contributed by atoms with Gasteiger partial charge in [0.2, 0.25) is 0 Å². The van der Waals surface area contributed by atoms with Crippen LogP contribution in [-0.4, -0.2) is 22.8 Å². The van der Waals surface area contributed by atoms with Crippen molar-refractivity contribution in [2.75, 3.05) is 12.3 Å². The number of carbonyl (C=O) groups excluding carboxylic acids is 1. The van der Waals surface area contributed by atoms with Gasteiger partial charge in [0.25, 0.3) is 0 Å². The first-order valence-corrected chi connectivity index (χ1v) is 8.42. The van der Waals surface area contributed by atoms with Crippen LogP contribution in [0.2, 0.25) is 0 Å². The fourth-order valence-corrected chi connectivity index (χ4v) is 2.76. The van der Waals surface area contributed by atoms with Crippen LogP contribution in [0.4, 0.5) is 27.8 Å². The molecule has 2 aromatic heterocycles. The van der Waals surface area contributed by atoms with Crippen LogP contribution < -0.4 is 10.5 Å². The molecule has 0 radical (unpaired) electrons. The van der Waals surface area contributed by atoms with Crippen molar-refractivity contribution in [1.82, 2.24) is 10.2 Å². The Labute approximate surface area is 165 Å². The molecule has 0 atom stereocenters. The summed E-state index contributed by atoms with van der Waals surface area (Å²) in [5, 5.41) is 5.81. The van der Waals surface area contributed by atoms with Crippen LogP contribution in [0.25, 0.3) is 11.0 Å². The molecule has 7 nitrogen and oxygen atoms in total. The van der Waals surface area contributed by atoms with E-state index < -0.39 is 41.1 Å². The Balaban J connectivity index is 2.05. The highest BCUT2D eigenvalue weighted by Gasteiger charge is 2.47. The average molecular weight is 431 g/mol. The Hall–Kier alpha value is -3.44. The average Bonchev–Trinajstić information content (AvgIpc) is 2.95. The van der Waals surface area contributed by atoms with Gasteiger partial charge in [-0.2, -0.15) is 22.0 Å². The number of nitrogen functional groups attached to an aromatic ring is 1. The maximum absolute atomic E-state index is 14.6. The molecule has 0 spiro atoms. The third kappa shape index (κ3) is 3.98. The molecule has 2 N–H and O–H groups in total. The highest BCUT2D eigenvalue weighted by Crippen LogP contribution is 2.40. The van der Waals surface area contributed by atoms with Crippen molar-refractivity contribution in [2.45, 2.75) is 26.1 Å². The van der Waals surface area contributed by atoms with E-state index in [0.29, 0.717) is 6.07 Å². The molecule has 2 heterocycles. The SMILES string of the molecule is CCOC(=O)c1c(C)oc2ccc(OC(F)(F)c3cc(N)nnc3C(F)(F)F)cc12. The zero-order valence-electron chi connectivity index (χ0n) is 15.5. The summed E-state index contributed by atoms with van der Waals surface area (Å²) in [5.41, 5.74) is 1.86. The van der Waals surface area contributed by atoms with Crippen LogP contribution in [0, 0.1) is 6.92 Å². The standard InChI is InChI=1S/C18H14F5N3O4/c1-3-28-16(27)14-8(2)29-12-5-4-9(6-10(12)14)30-18(22,23)11-7-13(24)25-26-15(11)17(19,20)21/h4-7H,3H2,1-2H3,(H2,24,25). The Morgan fingerprint density at radius 1 is 1.17 bits per heavy atom. The number of rotatable bonds is 5. The fourth-order valence-electron chi connectivity index (χ4n) is 2.76. The summed E-state index contributed by atoms with van der Waals surface area (Å²) in [6, 6.07) is 3.66. The molecular formula is C18H14F5N3O4. The normalized spacial score (nSPS) is 12.2. The summed E-state index contributed by atoms with van der Waals surface area (Å²) in [6.45, 7) is 3.12. The number of hydrogen-bond donors (Lipinski definition) is 1. The first kappa shape index (κ1) is 21.3. The molecule has 160 valence electrons. The molecule has 1 aromatic carbocycles. The van der Waals surface area contributed by atoms with E-state index in [2.05, 4.69) is 14.9 Å². The van der Waals surface area contributed by atoms with E-state index in [1.807, 2.05) is 0 Å². The van der Waals surface area contributed by atoms with Crippen molar-refractivity contribution in [1.29, 1.82) is 0 Å². The molecule has 0 amide bonds. The highest BCUT2D eigenvalue weighted by molar-refractivity contribution is 6.04. The fraction of sp³-hybridized carbons (Fsp3) is 0.278. The molecule has 12 heteroatoms. The second-order valence-electron chi connectivity index (χ2n) is 6.06. The van der Waals surface area contributed by atoms with Gasteiger partial charge in [-0.3, -0.25) is 0 Å². The summed E-state index contributed by atoms with van der Waals surface area (Å²) in [4.78, 5) is 12.1. The Kier molecular flexibility index (Phi) is 5.27. The van der Waals surface area contributed by atoms with E-state index in [1.54, 1.807) is 6.92 Å². The number of anilines is 1. The number of nitrogens with two attached hydrogens (primary N) is 1. The van der Waals surface area contributed by atoms with E-state index in [1.165, 1.54) is 13.0 Å². The number of hydrogen-bond acceptors (Lipinski definition) is 7. The second-order valence-corrected chi connectivity index (χ2v) is 6.06. The topological polar surface area (TPSA) is 100 Å². The summed E-state index contributed by atoms with van der Waals surface area (Å²) < 4.78 is 83.3. The summed E-state index contributed by atoms with van der Waals surface area (Å²) in [5.74, 6) is -1.74. The lowest BCUT2D eigenvalue weighted by Gasteiger charge is -2.21. The van der Waals surface area contributed by atoms with Crippen LogP contribution in [0.3, 0.4) is 0 Å². The predicted molar refractivity (Wildman–Crippen MR) is 92.9 cm³/mol. The molecule has 0 saturated carbocycles. The molecule has 0 unspecified atom stereocenters. The molecule has 0 aliphatic carbocycles. The van der Waals surface area contributed by atoms with Crippen LogP contribution in [0.1, 0.15) is 34.3 Å². The lowest BCUT2D eigenvalue weighted by molar-refractivity contribution is -0.196. The van der Waals surface area contributed by atoms with E-state index in [-0.39, 0.29) is 28.9 Å². The van der Waals surface area contributed by atoms with Crippen molar-refractivity contribution >= 4 is 22.8 Å². The minimum Gasteiger partial charge on any atom is -0.462 e. The van der Waals surface area contributed by atoms with Crippen LogP contribution >= 0.6 is 0 Å². The number of nitrogens with zero attached hydrogens (tertiary/aromatic N) is 2. The number of benzene rings is 1. The maximum atomic E-state index is 14.6. The Morgan fingerprint density at radius 2 is 1.87 bits per heavy atom. The van der Waals surface area contributed by atoms with Crippen molar-refractivity contribution in [2.24, 2.45) is 0 Å². The quantitative estimate of drug-likeness (QED) is 0.471. The Bertz CT molecular complexity index is 1110. The van der Waals surface area contributed by atoms with Gasteiger partial charge in [-0.1, -0.05) is 0 Å². The maximum Gasteiger partial charge on any atom is 0.435 e. The van der Waals surface area contributed by atoms with Crippen molar-refractivity contribution in [3.05, 3.63) is 46.8 Å². The zero-order chi connectivity index (χ0) is 22.3. The molecule has 0 aliphatic rings. The van der Waals surface area contributed by atoms with Gasteiger partial charge < -0.3 is 19.6 Å². The summed E-state index contributed by atoms with van der Waals surface area (Å²) in [7, 11) is 0. The molecular weight excluding hydrogens is 417 g/mol. The molecule has 3 aromatic rings. The van der Waals surface area contributed by atoms with Crippen molar-refractivity contribution < 1.29 is 40.6 Å². The molecule has 0 fully saturated rings. The number of carbonyl (C=O) groups is 1. The van der Waals surface area contributed by atoms with E-state index in [4.69, 9.17) is 14.9 Å². The number of esters is 1. The third-order valence-corrected chi connectivity index (χ3v) is 3.96. The van der Waals surface area contributed by atoms with Gasteiger partial charge in [0.1, 0.15) is 34.0 Å². The first-order chi connectivity index (χ1) is 13.9. The Morgan fingerprint density at radius 3 is 2.50 bits per heavy atom. The van der Waals surface area contributed by atoms with Gasteiger partial charge in [0, 0.05) is 5.39 Å². The minimum absolute atomic E-state index is 0.00795. The second kappa shape index (κ2) is 7.43. The largest absolute Gasteiger partial charge is 0.462 e. The molecule has 0 bridgehead atoms. The smallest absolute Gasteiger partial charge is 0.435 e. The summed E-state index contributed by atoms with van der Waals surface area (Å²) >= 11 is 0. The highest BCUT2D eigenvalue weighted by atomic mass is 19.4. The molecule has 30 heavy (non-hydrogen) atoms. The van der Waals surface area contributed by atoms with Crippen LogP contribution in [0.5, 0.6) is 5.75 Å². The van der Waals surface area contributed by atoms with Gasteiger partial charge in [-0.05, 0) is 38.1 Å². The number of aryl methyl sites for hydroxylation is 1. The van der Waals surface area contributed by atoms with E-state index in [0.717, 1.165) is 12.1 Å². The van der Waals surface area contributed by atoms with Gasteiger partial charge in [-0.15, -0.1) is 10.2 Å². The minimum atomic E-state index is -5.22. The van der Waals surface area contributed by atoms with E-state index in [9.17, 15) is 26.7 Å². The molecule has 3 rings (SSSR count). The number of ether oxygens (including phenoxy) is 2. The van der Waals surface area contributed by atoms with Gasteiger partial charge in [0.15, 0.2) is 5.69 Å². The molecule has 0 aliphatic heterocycles. The number of furan rings is 1. The summed E-state index contributed by atoms with van der Waals surface area (Å²) in [6.07, 6.45) is -9.68. The van der Waals surface area contributed by atoms with Crippen molar-refractivity contribution in [3.8, 4) is 5.75 Å². The monoisotopic (exact) mass is 431 g/mol. The number of fused-ring (bicyclic) bond motifs is 1. The molecule has 0 saturated heterocycles. The van der Waals surface area contributed by atoms with Crippen LogP contribution in [-0.2, 0) is 17.0 Å². The number of halogens is 5. The van der Waals surface area contributed by atoms with E-state index >= 15 is 0 Å². The predicted octanol–water partition coefficient (Wildman–Crippen LogP) is 4.44. The first-order valence-electron chi connectivity index (χ1n) is 8.42. The van der Waals surface area contributed by atoms with Gasteiger partial charge in [0.05, 0.1) is 6.61 Å². The van der Waals surface area contributed by atoms with Crippen molar-refractivity contribution in [3.63, 3.8) is 0 Å². The third-order valence-electron chi connectivity index (χ3n) is 3.96. The zero-order valence-corrected chi connectivity index (χ0v) is 15.5. The van der Waals surface area contributed by atoms with Gasteiger partial charge >= 0.3 is 18.3 Å². The number of alkyl halides is 5. The van der Waals surface area contributed by atoms with Crippen LogP contribution in [0.15, 0.2) is 28.7 Å². The number of aromatic nitrogens is 2.